The monoisotopic (exact) mass is 444 g/mol. The quantitative estimate of drug-likeness (QED) is 0.419. The summed E-state index contributed by atoms with van der Waals surface area (Å²) >= 11 is 8.30. The fourth-order valence-electron chi connectivity index (χ4n) is 2.85. The summed E-state index contributed by atoms with van der Waals surface area (Å²) in [6.45, 7) is 0.693. The van der Waals surface area contributed by atoms with Gasteiger partial charge in [0.25, 0.3) is 0 Å². The first kappa shape index (κ1) is 15.4. The molecule has 0 aliphatic heterocycles. The van der Waals surface area contributed by atoms with Crippen molar-refractivity contribution in [2.24, 2.45) is 0 Å². The Morgan fingerprint density at radius 2 is 2.08 bits per heavy atom. The topological polar surface area (TPSA) is 54.5 Å². The molecule has 4 rings (SSSR count). The Morgan fingerprint density at radius 1 is 1.21 bits per heavy atom. The molecular weight excluding hydrogens is 435 g/mol. The smallest absolute Gasteiger partial charge is 0.102 e. The Balaban J connectivity index is 1.81. The highest BCUT2D eigenvalue weighted by Gasteiger charge is 2.11. The number of nitriles is 1. The molecule has 6 heteroatoms. The zero-order valence-corrected chi connectivity index (χ0v) is 15.3. The van der Waals surface area contributed by atoms with E-state index in [4.69, 9.17) is 11.6 Å². The second-order valence-corrected chi connectivity index (χ2v) is 7.08. The third-order valence-corrected chi connectivity index (χ3v) is 4.95. The van der Waals surface area contributed by atoms with Crippen molar-refractivity contribution in [3.63, 3.8) is 0 Å². The van der Waals surface area contributed by atoms with Gasteiger partial charge in [-0.2, -0.15) is 5.26 Å². The minimum Gasteiger partial charge on any atom is -0.341 e. The number of pyridine rings is 2. The molecule has 0 aliphatic rings. The van der Waals surface area contributed by atoms with Crippen LogP contribution < -0.4 is 0 Å². The molecule has 116 valence electrons. The number of hydrogen-bond acceptors (Lipinski definition) is 3. The van der Waals surface area contributed by atoms with Gasteiger partial charge in [-0.15, -0.1) is 0 Å². The predicted molar refractivity (Wildman–Crippen MR) is 103 cm³/mol. The van der Waals surface area contributed by atoms with Gasteiger partial charge in [-0.1, -0.05) is 17.7 Å². The Kier molecular flexibility index (Phi) is 3.87. The lowest BCUT2D eigenvalue weighted by Gasteiger charge is -2.07. The summed E-state index contributed by atoms with van der Waals surface area (Å²) in [6, 6.07) is 10.3. The summed E-state index contributed by atoms with van der Waals surface area (Å²) in [5, 5.41) is 11.9. The first-order valence-corrected chi connectivity index (χ1v) is 8.68. The van der Waals surface area contributed by atoms with Crippen LogP contribution in [0.5, 0.6) is 0 Å². The SMILES string of the molecule is N#Cc1cncc2c1c(I)cn2Cc1ccc2ncc(Cl)cc2c1. The summed E-state index contributed by atoms with van der Waals surface area (Å²) in [5.41, 5.74) is 3.62. The van der Waals surface area contributed by atoms with Gasteiger partial charge in [0.05, 0.1) is 27.8 Å². The highest BCUT2D eigenvalue weighted by atomic mass is 127. The highest BCUT2D eigenvalue weighted by Crippen LogP contribution is 2.27. The van der Waals surface area contributed by atoms with Crippen molar-refractivity contribution in [1.82, 2.24) is 14.5 Å². The fraction of sp³-hybridized carbons (Fsp3) is 0.0556. The van der Waals surface area contributed by atoms with Crippen molar-refractivity contribution in [3.05, 3.63) is 68.8 Å². The summed E-state index contributed by atoms with van der Waals surface area (Å²) in [6.07, 6.45) is 7.12. The summed E-state index contributed by atoms with van der Waals surface area (Å²) in [4.78, 5) is 8.51. The van der Waals surface area contributed by atoms with Crippen LogP contribution in [-0.4, -0.2) is 14.5 Å². The molecule has 0 amide bonds. The van der Waals surface area contributed by atoms with E-state index in [0.29, 0.717) is 17.1 Å². The molecule has 3 aromatic heterocycles. The Hall–Kier alpha value is -2.17. The third-order valence-electron chi connectivity index (χ3n) is 3.93. The van der Waals surface area contributed by atoms with Crippen molar-refractivity contribution in [2.45, 2.75) is 6.54 Å². The molecule has 0 spiro atoms. The van der Waals surface area contributed by atoms with Crippen molar-refractivity contribution < 1.29 is 0 Å². The van der Waals surface area contributed by atoms with E-state index in [9.17, 15) is 5.26 Å². The summed E-state index contributed by atoms with van der Waals surface area (Å²) < 4.78 is 3.16. The second-order valence-electron chi connectivity index (χ2n) is 5.48. The van der Waals surface area contributed by atoms with Crippen molar-refractivity contribution in [2.75, 3.05) is 0 Å². The molecule has 0 saturated heterocycles. The van der Waals surface area contributed by atoms with Crippen molar-refractivity contribution in [1.29, 1.82) is 5.26 Å². The van der Waals surface area contributed by atoms with E-state index in [2.05, 4.69) is 55.3 Å². The largest absolute Gasteiger partial charge is 0.341 e. The normalized spacial score (nSPS) is 11.0. The van der Waals surface area contributed by atoms with Crippen LogP contribution in [0.3, 0.4) is 0 Å². The third kappa shape index (κ3) is 2.62. The molecular formula is C18H10ClIN4. The lowest BCUT2D eigenvalue weighted by atomic mass is 10.1. The van der Waals surface area contributed by atoms with Crippen molar-refractivity contribution >= 4 is 56.0 Å². The Bertz CT molecular complexity index is 1130. The van der Waals surface area contributed by atoms with Gasteiger partial charge in [0.15, 0.2) is 0 Å². The number of rotatable bonds is 2. The molecule has 1 aromatic carbocycles. The van der Waals surface area contributed by atoms with Gasteiger partial charge in [0, 0.05) is 39.5 Å². The van der Waals surface area contributed by atoms with Crippen LogP contribution in [0.2, 0.25) is 5.02 Å². The van der Waals surface area contributed by atoms with E-state index in [0.717, 1.165) is 30.9 Å². The summed E-state index contributed by atoms with van der Waals surface area (Å²) in [7, 11) is 0. The minimum atomic E-state index is 0.602. The molecule has 4 nitrogen and oxygen atoms in total. The van der Waals surface area contributed by atoms with Gasteiger partial charge < -0.3 is 4.57 Å². The van der Waals surface area contributed by atoms with Crippen LogP contribution in [0.4, 0.5) is 0 Å². The van der Waals surface area contributed by atoms with Gasteiger partial charge in [0.1, 0.15) is 6.07 Å². The molecule has 0 saturated carbocycles. The standard InChI is InChI=1S/C18H10ClIN4/c19-14-4-12-3-11(1-2-16(12)23-7-14)9-24-10-15(20)18-13(5-21)6-22-8-17(18)24/h1-4,6-8,10H,9H2. The molecule has 0 N–H and O–H groups in total. The maximum Gasteiger partial charge on any atom is 0.102 e. The van der Waals surface area contributed by atoms with Crippen LogP contribution in [0.25, 0.3) is 21.8 Å². The minimum absolute atomic E-state index is 0.602. The number of fused-ring (bicyclic) bond motifs is 2. The number of benzene rings is 1. The molecule has 24 heavy (non-hydrogen) atoms. The predicted octanol–water partition coefficient (Wildman–Crippen LogP) is 4.76. The van der Waals surface area contributed by atoms with Gasteiger partial charge in [-0.3, -0.25) is 9.97 Å². The molecule has 0 aliphatic carbocycles. The summed E-state index contributed by atoms with van der Waals surface area (Å²) in [5.74, 6) is 0. The van der Waals surface area contributed by atoms with Crippen LogP contribution in [0.15, 0.2) is 49.1 Å². The molecule has 0 atom stereocenters. The molecule has 0 radical (unpaired) electrons. The average Bonchev–Trinajstić information content (AvgIpc) is 2.90. The first-order valence-electron chi connectivity index (χ1n) is 7.22. The molecule has 0 bridgehead atoms. The zero-order chi connectivity index (χ0) is 16.7. The van der Waals surface area contributed by atoms with Crippen molar-refractivity contribution in [3.8, 4) is 6.07 Å². The Labute approximate surface area is 156 Å². The van der Waals surface area contributed by atoms with E-state index in [1.807, 2.05) is 18.3 Å². The van der Waals surface area contributed by atoms with Crippen LogP contribution in [0, 0.1) is 14.9 Å². The lowest BCUT2D eigenvalue weighted by molar-refractivity contribution is 0.834. The van der Waals surface area contributed by atoms with Crippen LogP contribution in [-0.2, 0) is 6.54 Å². The van der Waals surface area contributed by atoms with E-state index in [1.54, 1.807) is 18.6 Å². The maximum absolute atomic E-state index is 9.28. The Morgan fingerprint density at radius 3 is 2.92 bits per heavy atom. The molecule has 3 heterocycles. The van der Waals surface area contributed by atoms with Gasteiger partial charge >= 0.3 is 0 Å². The maximum atomic E-state index is 9.28. The highest BCUT2D eigenvalue weighted by molar-refractivity contribution is 14.1. The van der Waals surface area contributed by atoms with Crippen LogP contribution in [0.1, 0.15) is 11.1 Å². The second kappa shape index (κ2) is 6.04. The molecule has 0 unspecified atom stereocenters. The van der Waals surface area contributed by atoms with Crippen LogP contribution >= 0.6 is 34.2 Å². The van der Waals surface area contributed by atoms with E-state index >= 15 is 0 Å². The van der Waals surface area contributed by atoms with Gasteiger partial charge in [-0.05, 0) is 46.4 Å². The zero-order valence-electron chi connectivity index (χ0n) is 12.4. The number of aromatic nitrogens is 3. The van der Waals surface area contributed by atoms with E-state index in [-0.39, 0.29) is 0 Å². The van der Waals surface area contributed by atoms with Gasteiger partial charge in [0.2, 0.25) is 0 Å². The number of halogens is 2. The number of nitrogens with zero attached hydrogens (tertiary/aromatic N) is 4. The van der Waals surface area contributed by atoms with E-state index in [1.165, 1.54) is 0 Å². The first-order chi connectivity index (χ1) is 11.7. The molecule has 0 fully saturated rings. The fourth-order valence-corrected chi connectivity index (χ4v) is 3.92. The average molecular weight is 445 g/mol. The van der Waals surface area contributed by atoms with E-state index < -0.39 is 0 Å². The number of hydrogen-bond donors (Lipinski definition) is 0. The lowest BCUT2D eigenvalue weighted by Crippen LogP contribution is -1.98. The van der Waals surface area contributed by atoms with Gasteiger partial charge in [-0.25, -0.2) is 0 Å². The molecule has 4 aromatic rings.